The average molecular weight is 300 g/mol. The van der Waals surface area contributed by atoms with E-state index in [4.69, 9.17) is 17.4 Å². The van der Waals surface area contributed by atoms with Gasteiger partial charge in [-0.15, -0.1) is 0 Å². The molecular formula is C17H33NOS. The summed E-state index contributed by atoms with van der Waals surface area (Å²) in [6.45, 7) is 5.61. The van der Waals surface area contributed by atoms with Crippen molar-refractivity contribution in [3.63, 3.8) is 0 Å². The van der Waals surface area contributed by atoms with E-state index in [1.54, 1.807) is 0 Å². The molecule has 0 heterocycles. The molecule has 20 heavy (non-hydrogen) atoms. The first-order valence-corrected chi connectivity index (χ1v) is 9.18. The molecule has 2 aliphatic carbocycles. The van der Waals surface area contributed by atoms with Crippen molar-refractivity contribution in [3.8, 4) is 0 Å². The van der Waals surface area contributed by atoms with Gasteiger partial charge < -0.3 is 4.74 Å². The summed E-state index contributed by atoms with van der Waals surface area (Å²) >= 11 is 4.74. The van der Waals surface area contributed by atoms with Crippen molar-refractivity contribution in [2.75, 3.05) is 32.6 Å². The quantitative estimate of drug-likeness (QED) is 0.537. The second-order valence-corrected chi connectivity index (χ2v) is 7.43. The Bertz CT molecular complexity index is 272. The Morgan fingerprint density at radius 2 is 1.85 bits per heavy atom. The largest absolute Gasteiger partial charge is 0.383 e. The van der Waals surface area contributed by atoms with Crippen LogP contribution in [0, 0.1) is 11.3 Å². The molecule has 2 saturated carbocycles. The zero-order valence-corrected chi connectivity index (χ0v) is 14.3. The van der Waals surface area contributed by atoms with Crippen LogP contribution >= 0.6 is 12.6 Å². The van der Waals surface area contributed by atoms with Crippen LogP contribution in [0.4, 0.5) is 0 Å². The summed E-state index contributed by atoms with van der Waals surface area (Å²) in [5.74, 6) is 1.99. The van der Waals surface area contributed by atoms with Gasteiger partial charge in [-0.2, -0.15) is 12.6 Å². The van der Waals surface area contributed by atoms with Crippen LogP contribution in [0.15, 0.2) is 0 Å². The zero-order chi connectivity index (χ0) is 14.4. The molecule has 3 heteroatoms. The van der Waals surface area contributed by atoms with Crippen LogP contribution in [0.5, 0.6) is 0 Å². The molecule has 0 radical (unpaired) electrons. The molecule has 2 fully saturated rings. The molecule has 118 valence electrons. The molecule has 0 aromatic carbocycles. The molecular weight excluding hydrogens is 266 g/mol. The monoisotopic (exact) mass is 299 g/mol. The van der Waals surface area contributed by atoms with E-state index in [-0.39, 0.29) is 0 Å². The molecule has 0 amide bonds. The molecule has 2 aliphatic rings. The number of rotatable bonds is 8. The van der Waals surface area contributed by atoms with Crippen LogP contribution in [0.1, 0.15) is 58.3 Å². The normalized spacial score (nSPS) is 24.6. The molecule has 0 saturated heterocycles. The first kappa shape index (κ1) is 16.6. The molecule has 2 rings (SSSR count). The van der Waals surface area contributed by atoms with Crippen LogP contribution in [0.25, 0.3) is 0 Å². The van der Waals surface area contributed by atoms with Gasteiger partial charge in [-0.25, -0.2) is 0 Å². The number of ether oxygens (including phenoxy) is 1. The highest BCUT2D eigenvalue weighted by Gasteiger charge is 2.37. The maximum absolute atomic E-state index is 5.34. The van der Waals surface area contributed by atoms with Crippen molar-refractivity contribution in [2.45, 2.75) is 64.3 Å². The van der Waals surface area contributed by atoms with E-state index in [0.29, 0.717) is 5.41 Å². The summed E-state index contributed by atoms with van der Waals surface area (Å²) in [5, 5.41) is 0. The molecule has 0 N–H and O–H groups in total. The third-order valence-electron chi connectivity index (χ3n) is 5.50. The van der Waals surface area contributed by atoms with Crippen molar-refractivity contribution in [1.29, 1.82) is 0 Å². The van der Waals surface area contributed by atoms with Crippen molar-refractivity contribution in [3.05, 3.63) is 0 Å². The minimum atomic E-state index is 0.455. The van der Waals surface area contributed by atoms with Crippen molar-refractivity contribution in [1.82, 2.24) is 4.90 Å². The van der Waals surface area contributed by atoms with Crippen LogP contribution in [-0.4, -0.2) is 43.5 Å². The van der Waals surface area contributed by atoms with E-state index in [1.807, 2.05) is 7.11 Å². The molecule has 2 nitrogen and oxygen atoms in total. The Kier molecular flexibility index (Phi) is 6.70. The molecule has 0 aromatic heterocycles. The number of methoxy groups -OCH3 is 1. The van der Waals surface area contributed by atoms with Crippen molar-refractivity contribution in [2.24, 2.45) is 11.3 Å². The van der Waals surface area contributed by atoms with Gasteiger partial charge in [-0.1, -0.05) is 25.7 Å². The third-order valence-corrected chi connectivity index (χ3v) is 6.17. The van der Waals surface area contributed by atoms with Gasteiger partial charge in [0, 0.05) is 26.2 Å². The Balaban J connectivity index is 1.98. The molecule has 0 bridgehead atoms. The van der Waals surface area contributed by atoms with Crippen LogP contribution in [0.3, 0.4) is 0 Å². The van der Waals surface area contributed by atoms with Gasteiger partial charge >= 0.3 is 0 Å². The van der Waals surface area contributed by atoms with E-state index in [1.165, 1.54) is 57.9 Å². The SMILES string of the molecule is COCCN(CC1(CS)CCCCCC1)C(C)C1CC1. The fourth-order valence-corrected chi connectivity index (χ4v) is 4.20. The van der Waals surface area contributed by atoms with Crippen LogP contribution in [0.2, 0.25) is 0 Å². The van der Waals surface area contributed by atoms with E-state index in [9.17, 15) is 0 Å². The Labute approximate surface area is 131 Å². The van der Waals surface area contributed by atoms with Gasteiger partial charge in [0.25, 0.3) is 0 Å². The second kappa shape index (κ2) is 8.05. The van der Waals surface area contributed by atoms with E-state index >= 15 is 0 Å². The predicted molar refractivity (Wildman–Crippen MR) is 89.6 cm³/mol. The van der Waals surface area contributed by atoms with Crippen molar-refractivity contribution < 1.29 is 4.74 Å². The van der Waals surface area contributed by atoms with Gasteiger partial charge in [0.15, 0.2) is 0 Å². The Morgan fingerprint density at radius 1 is 1.20 bits per heavy atom. The maximum atomic E-state index is 5.34. The van der Waals surface area contributed by atoms with Gasteiger partial charge in [0.2, 0.25) is 0 Å². The summed E-state index contributed by atoms with van der Waals surface area (Å²) in [6.07, 6.45) is 11.2. The van der Waals surface area contributed by atoms with E-state index in [0.717, 1.165) is 30.9 Å². The van der Waals surface area contributed by atoms with Crippen molar-refractivity contribution >= 4 is 12.6 Å². The summed E-state index contributed by atoms with van der Waals surface area (Å²) in [4.78, 5) is 2.71. The van der Waals surface area contributed by atoms with Crippen LogP contribution in [-0.2, 0) is 4.74 Å². The van der Waals surface area contributed by atoms with Crippen LogP contribution < -0.4 is 0 Å². The standard InChI is InChI=1S/C17H33NOS/c1-15(16-7-8-16)18(11-12-19-2)13-17(14-20)9-5-3-4-6-10-17/h15-16,20H,3-14H2,1-2H3. The lowest BCUT2D eigenvalue weighted by Crippen LogP contribution is -2.45. The third kappa shape index (κ3) is 4.64. The minimum absolute atomic E-state index is 0.455. The Hall–Kier alpha value is 0.270. The Morgan fingerprint density at radius 3 is 2.35 bits per heavy atom. The first-order chi connectivity index (χ1) is 9.71. The topological polar surface area (TPSA) is 12.5 Å². The zero-order valence-electron chi connectivity index (χ0n) is 13.4. The highest BCUT2D eigenvalue weighted by molar-refractivity contribution is 7.80. The summed E-state index contributed by atoms with van der Waals surface area (Å²) in [7, 11) is 1.82. The van der Waals surface area contributed by atoms with E-state index in [2.05, 4.69) is 11.8 Å². The number of hydrogen-bond acceptors (Lipinski definition) is 3. The van der Waals surface area contributed by atoms with Gasteiger partial charge in [-0.3, -0.25) is 4.90 Å². The lowest BCUT2D eigenvalue weighted by atomic mass is 9.81. The lowest BCUT2D eigenvalue weighted by Gasteiger charge is -2.40. The highest BCUT2D eigenvalue weighted by Crippen LogP contribution is 2.40. The summed E-state index contributed by atoms with van der Waals surface area (Å²) in [5.41, 5.74) is 0.455. The predicted octanol–water partition coefficient (Wildman–Crippen LogP) is 4.00. The molecule has 1 atom stereocenters. The molecule has 1 unspecified atom stereocenters. The number of thiol groups is 1. The number of nitrogens with zero attached hydrogens (tertiary/aromatic N) is 1. The summed E-state index contributed by atoms with van der Waals surface area (Å²) in [6, 6.07) is 0.727. The molecule has 0 aromatic rings. The highest BCUT2D eigenvalue weighted by atomic mass is 32.1. The molecule has 0 aliphatic heterocycles. The smallest absolute Gasteiger partial charge is 0.0589 e. The summed E-state index contributed by atoms with van der Waals surface area (Å²) < 4.78 is 5.34. The van der Waals surface area contributed by atoms with Gasteiger partial charge in [0.05, 0.1) is 6.61 Å². The second-order valence-electron chi connectivity index (χ2n) is 7.11. The van der Waals surface area contributed by atoms with Gasteiger partial charge in [0.1, 0.15) is 0 Å². The van der Waals surface area contributed by atoms with Gasteiger partial charge in [-0.05, 0) is 49.7 Å². The minimum Gasteiger partial charge on any atom is -0.383 e. The lowest BCUT2D eigenvalue weighted by molar-refractivity contribution is 0.0731. The number of hydrogen-bond donors (Lipinski definition) is 1. The fourth-order valence-electron chi connectivity index (χ4n) is 3.79. The maximum Gasteiger partial charge on any atom is 0.0589 e. The first-order valence-electron chi connectivity index (χ1n) is 8.55. The average Bonchev–Trinajstić information content (AvgIpc) is 3.30. The van der Waals surface area contributed by atoms with E-state index < -0.39 is 0 Å². The molecule has 0 spiro atoms. The fraction of sp³-hybridized carbons (Fsp3) is 1.00.